The molecule has 2 N–H and O–H groups in total. The van der Waals surface area contributed by atoms with Crippen molar-refractivity contribution in [3.8, 4) is 0 Å². The summed E-state index contributed by atoms with van der Waals surface area (Å²) in [6, 6.07) is 7.48. The van der Waals surface area contributed by atoms with Crippen molar-refractivity contribution in [2.24, 2.45) is 0 Å². The SMILES string of the molecule is CCC(C)NCC(=O)Nc1cccc(C(=O)N2CCCC2)c1. The highest BCUT2D eigenvalue weighted by atomic mass is 16.2. The summed E-state index contributed by atoms with van der Waals surface area (Å²) < 4.78 is 0. The van der Waals surface area contributed by atoms with Crippen molar-refractivity contribution in [1.82, 2.24) is 10.2 Å². The van der Waals surface area contributed by atoms with Gasteiger partial charge < -0.3 is 15.5 Å². The molecule has 1 atom stereocenters. The molecule has 0 aromatic heterocycles. The molecule has 0 radical (unpaired) electrons. The van der Waals surface area contributed by atoms with Crippen LogP contribution in [0, 0.1) is 0 Å². The summed E-state index contributed by atoms with van der Waals surface area (Å²) in [6.07, 6.45) is 3.12. The highest BCUT2D eigenvalue weighted by Crippen LogP contribution is 2.16. The van der Waals surface area contributed by atoms with Gasteiger partial charge in [0.2, 0.25) is 5.91 Å². The van der Waals surface area contributed by atoms with Crippen molar-refractivity contribution in [3.05, 3.63) is 29.8 Å². The minimum Gasteiger partial charge on any atom is -0.339 e. The van der Waals surface area contributed by atoms with E-state index in [0.717, 1.165) is 32.4 Å². The number of hydrogen-bond donors (Lipinski definition) is 2. The molecular formula is C17H25N3O2. The van der Waals surface area contributed by atoms with Crippen LogP contribution in [-0.4, -0.2) is 42.4 Å². The van der Waals surface area contributed by atoms with E-state index < -0.39 is 0 Å². The number of carbonyl (C=O) groups excluding carboxylic acids is 2. The Morgan fingerprint density at radius 3 is 2.68 bits per heavy atom. The standard InChI is InChI=1S/C17H25N3O2/c1-3-13(2)18-12-16(21)19-15-8-6-7-14(11-15)17(22)20-9-4-5-10-20/h6-8,11,13,18H,3-5,9-10,12H2,1-2H3,(H,19,21). The van der Waals surface area contributed by atoms with Gasteiger partial charge >= 0.3 is 0 Å². The van der Waals surface area contributed by atoms with Crippen molar-refractivity contribution < 1.29 is 9.59 Å². The minimum absolute atomic E-state index is 0.0475. The lowest BCUT2D eigenvalue weighted by atomic mass is 10.1. The molecule has 1 heterocycles. The number of nitrogens with zero attached hydrogens (tertiary/aromatic N) is 1. The molecule has 1 aromatic rings. The molecule has 2 rings (SSSR count). The Balaban J connectivity index is 1.93. The monoisotopic (exact) mass is 303 g/mol. The maximum atomic E-state index is 12.3. The summed E-state index contributed by atoms with van der Waals surface area (Å²) in [6.45, 7) is 6.05. The molecule has 1 unspecified atom stereocenters. The van der Waals surface area contributed by atoms with Gasteiger partial charge in [-0.3, -0.25) is 9.59 Å². The molecule has 0 aliphatic carbocycles. The number of rotatable bonds is 6. The second kappa shape index (κ2) is 7.94. The Kier molecular flexibility index (Phi) is 5.95. The van der Waals surface area contributed by atoms with Gasteiger partial charge in [-0.25, -0.2) is 0 Å². The van der Waals surface area contributed by atoms with E-state index in [4.69, 9.17) is 0 Å². The molecule has 1 aliphatic rings. The van der Waals surface area contributed by atoms with Crippen molar-refractivity contribution in [3.63, 3.8) is 0 Å². The molecule has 5 heteroatoms. The third kappa shape index (κ3) is 4.56. The van der Waals surface area contributed by atoms with Gasteiger partial charge in [0.1, 0.15) is 0 Å². The quantitative estimate of drug-likeness (QED) is 0.847. The van der Waals surface area contributed by atoms with E-state index in [2.05, 4.69) is 17.6 Å². The zero-order chi connectivity index (χ0) is 15.9. The molecule has 0 bridgehead atoms. The first-order valence-electron chi connectivity index (χ1n) is 8.02. The fourth-order valence-corrected chi connectivity index (χ4v) is 2.45. The van der Waals surface area contributed by atoms with Crippen molar-refractivity contribution in [2.45, 2.75) is 39.2 Å². The van der Waals surface area contributed by atoms with Crippen LogP contribution >= 0.6 is 0 Å². The van der Waals surface area contributed by atoms with Gasteiger partial charge in [-0.2, -0.15) is 0 Å². The third-order valence-corrected chi connectivity index (χ3v) is 4.01. The number of hydrogen-bond acceptors (Lipinski definition) is 3. The number of benzene rings is 1. The summed E-state index contributed by atoms with van der Waals surface area (Å²) in [4.78, 5) is 26.1. The topological polar surface area (TPSA) is 61.4 Å². The second-order valence-corrected chi connectivity index (χ2v) is 5.82. The Bertz CT molecular complexity index is 524. The molecule has 2 amide bonds. The van der Waals surface area contributed by atoms with Crippen molar-refractivity contribution in [1.29, 1.82) is 0 Å². The molecule has 22 heavy (non-hydrogen) atoms. The summed E-state index contributed by atoms with van der Waals surface area (Å²) in [5.41, 5.74) is 1.30. The third-order valence-electron chi connectivity index (χ3n) is 4.01. The fraction of sp³-hybridized carbons (Fsp3) is 0.529. The van der Waals surface area contributed by atoms with Gasteiger partial charge in [-0.1, -0.05) is 13.0 Å². The van der Waals surface area contributed by atoms with Crippen molar-refractivity contribution in [2.75, 3.05) is 25.0 Å². The van der Waals surface area contributed by atoms with Gasteiger partial charge in [0.25, 0.3) is 5.91 Å². The van der Waals surface area contributed by atoms with Crippen LogP contribution in [0.15, 0.2) is 24.3 Å². The van der Waals surface area contributed by atoms with Gasteiger partial charge in [-0.05, 0) is 44.4 Å². The Hall–Kier alpha value is -1.88. The first-order valence-corrected chi connectivity index (χ1v) is 8.02. The summed E-state index contributed by atoms with van der Waals surface area (Å²) in [5.74, 6) is -0.0441. The Morgan fingerprint density at radius 1 is 1.27 bits per heavy atom. The minimum atomic E-state index is -0.0916. The molecule has 0 spiro atoms. The van der Waals surface area contributed by atoms with Gasteiger partial charge in [0.15, 0.2) is 0 Å². The number of likely N-dealkylation sites (tertiary alicyclic amines) is 1. The molecule has 0 saturated carbocycles. The van der Waals surface area contributed by atoms with Crippen molar-refractivity contribution >= 4 is 17.5 Å². The van der Waals surface area contributed by atoms with Crippen LogP contribution in [0.1, 0.15) is 43.5 Å². The Labute approximate surface area is 132 Å². The van der Waals surface area contributed by atoms with E-state index in [-0.39, 0.29) is 18.4 Å². The summed E-state index contributed by atoms with van der Waals surface area (Å²) >= 11 is 0. The average Bonchev–Trinajstić information content (AvgIpc) is 3.06. The zero-order valence-corrected chi connectivity index (χ0v) is 13.4. The maximum Gasteiger partial charge on any atom is 0.253 e. The highest BCUT2D eigenvalue weighted by Gasteiger charge is 2.19. The smallest absolute Gasteiger partial charge is 0.253 e. The van der Waals surface area contributed by atoms with Crippen LogP contribution < -0.4 is 10.6 Å². The average molecular weight is 303 g/mol. The largest absolute Gasteiger partial charge is 0.339 e. The number of nitrogens with one attached hydrogen (secondary N) is 2. The lowest BCUT2D eigenvalue weighted by Crippen LogP contribution is -2.34. The predicted octanol–water partition coefficient (Wildman–Crippen LogP) is 2.25. The van der Waals surface area contributed by atoms with E-state index in [9.17, 15) is 9.59 Å². The number of amides is 2. The van der Waals surface area contributed by atoms with Crippen LogP contribution in [0.2, 0.25) is 0 Å². The van der Waals surface area contributed by atoms with E-state index in [1.165, 1.54) is 0 Å². The molecule has 1 aliphatic heterocycles. The van der Waals surface area contributed by atoms with E-state index in [1.54, 1.807) is 18.2 Å². The first-order chi connectivity index (χ1) is 10.6. The summed E-state index contributed by atoms with van der Waals surface area (Å²) in [5, 5.41) is 5.98. The summed E-state index contributed by atoms with van der Waals surface area (Å²) in [7, 11) is 0. The lowest BCUT2D eigenvalue weighted by molar-refractivity contribution is -0.115. The normalized spacial score (nSPS) is 15.6. The van der Waals surface area contributed by atoms with Crippen LogP contribution in [0.5, 0.6) is 0 Å². The van der Waals surface area contributed by atoms with Crippen LogP contribution in [-0.2, 0) is 4.79 Å². The van der Waals surface area contributed by atoms with Gasteiger partial charge in [-0.15, -0.1) is 0 Å². The van der Waals surface area contributed by atoms with Crippen LogP contribution in [0.4, 0.5) is 5.69 Å². The van der Waals surface area contributed by atoms with Crippen LogP contribution in [0.25, 0.3) is 0 Å². The number of anilines is 1. The second-order valence-electron chi connectivity index (χ2n) is 5.82. The molecule has 1 fully saturated rings. The van der Waals surface area contributed by atoms with E-state index in [1.807, 2.05) is 17.9 Å². The molecule has 120 valence electrons. The van der Waals surface area contributed by atoms with E-state index in [0.29, 0.717) is 17.3 Å². The van der Waals surface area contributed by atoms with E-state index >= 15 is 0 Å². The number of carbonyl (C=O) groups is 2. The molecule has 1 aromatic carbocycles. The highest BCUT2D eigenvalue weighted by molar-refractivity contribution is 5.97. The maximum absolute atomic E-state index is 12.3. The molecule has 1 saturated heterocycles. The van der Waals surface area contributed by atoms with Gasteiger partial charge in [0, 0.05) is 30.4 Å². The predicted molar refractivity (Wildman–Crippen MR) is 88.0 cm³/mol. The van der Waals surface area contributed by atoms with Gasteiger partial charge in [0.05, 0.1) is 6.54 Å². The fourth-order valence-electron chi connectivity index (χ4n) is 2.45. The lowest BCUT2D eigenvalue weighted by Gasteiger charge is -2.16. The molecule has 5 nitrogen and oxygen atoms in total. The Morgan fingerprint density at radius 2 is 2.00 bits per heavy atom. The zero-order valence-electron chi connectivity index (χ0n) is 13.4. The molecular weight excluding hydrogens is 278 g/mol. The first kappa shape index (κ1) is 16.5. The van der Waals surface area contributed by atoms with Crippen LogP contribution in [0.3, 0.4) is 0 Å².